The van der Waals surface area contributed by atoms with Gasteiger partial charge in [0.2, 0.25) is 5.91 Å². The number of sulfonamides is 1. The zero-order valence-electron chi connectivity index (χ0n) is 11.7. The lowest BCUT2D eigenvalue weighted by Crippen LogP contribution is -2.40. The van der Waals surface area contributed by atoms with Crippen LogP contribution in [0.25, 0.3) is 0 Å². The Balaban J connectivity index is 2.07. The number of thiophene rings is 1. The molecule has 0 unspecified atom stereocenters. The highest BCUT2D eigenvalue weighted by Gasteiger charge is 2.29. The summed E-state index contributed by atoms with van der Waals surface area (Å²) < 4.78 is 27.7. The quantitative estimate of drug-likeness (QED) is 0.823. The summed E-state index contributed by atoms with van der Waals surface area (Å²) in [5, 5.41) is 2.83. The number of likely N-dealkylation sites (N-methyl/N-ethyl adjacent to an activating group) is 1. The van der Waals surface area contributed by atoms with E-state index in [-0.39, 0.29) is 12.5 Å². The molecule has 1 fully saturated rings. The molecule has 0 bridgehead atoms. The number of nitrogens with zero attached hydrogens (tertiary/aromatic N) is 2. The molecule has 1 N–H and O–H groups in total. The van der Waals surface area contributed by atoms with E-state index in [1.54, 1.807) is 24.1 Å². The summed E-state index contributed by atoms with van der Waals surface area (Å²) >= 11 is 4.49. The van der Waals surface area contributed by atoms with Gasteiger partial charge in [-0.3, -0.25) is 4.79 Å². The molecule has 0 atom stereocenters. The van der Waals surface area contributed by atoms with Crippen molar-refractivity contribution in [1.82, 2.24) is 14.5 Å². The number of halogens is 1. The largest absolute Gasteiger partial charge is 0.340 e. The van der Waals surface area contributed by atoms with Crippen LogP contribution < -0.4 is 5.32 Å². The van der Waals surface area contributed by atoms with Crippen molar-refractivity contribution < 1.29 is 13.2 Å². The Morgan fingerprint density at radius 1 is 1.33 bits per heavy atom. The highest BCUT2D eigenvalue weighted by molar-refractivity contribution is 9.11. The molecule has 1 aliphatic heterocycles. The van der Waals surface area contributed by atoms with Gasteiger partial charge in [0.25, 0.3) is 10.0 Å². The first-order valence-electron chi connectivity index (χ1n) is 6.63. The molecule has 1 aromatic heterocycles. The topological polar surface area (TPSA) is 69.7 Å². The molecule has 0 saturated carbocycles. The lowest BCUT2D eigenvalue weighted by molar-refractivity contribution is -0.129. The molecule has 21 heavy (non-hydrogen) atoms. The average molecular weight is 396 g/mol. The fraction of sp³-hybridized carbons (Fsp3) is 0.583. The molecule has 1 aromatic rings. The second-order valence-electron chi connectivity index (χ2n) is 4.73. The molecular formula is C12H18BrN3O3S2. The molecule has 9 heteroatoms. The molecule has 0 aliphatic carbocycles. The minimum Gasteiger partial charge on any atom is -0.340 e. The molecule has 1 amide bonds. The van der Waals surface area contributed by atoms with Crippen molar-refractivity contribution >= 4 is 43.2 Å². The van der Waals surface area contributed by atoms with Gasteiger partial charge in [-0.25, -0.2) is 8.42 Å². The van der Waals surface area contributed by atoms with Crippen molar-refractivity contribution in [3.8, 4) is 0 Å². The molecule has 2 heterocycles. The van der Waals surface area contributed by atoms with E-state index in [1.807, 2.05) is 0 Å². The van der Waals surface area contributed by atoms with Crippen LogP contribution in [0, 0.1) is 0 Å². The van der Waals surface area contributed by atoms with Gasteiger partial charge in [0, 0.05) is 26.2 Å². The fourth-order valence-electron chi connectivity index (χ4n) is 2.21. The summed E-state index contributed by atoms with van der Waals surface area (Å²) in [4.78, 5) is 13.6. The van der Waals surface area contributed by atoms with E-state index in [0.29, 0.717) is 36.8 Å². The Morgan fingerprint density at radius 2 is 2.10 bits per heavy atom. The molecule has 1 saturated heterocycles. The first-order chi connectivity index (χ1) is 9.95. The van der Waals surface area contributed by atoms with Gasteiger partial charge in [-0.15, -0.1) is 11.3 Å². The first kappa shape index (κ1) is 16.9. The Labute approximate surface area is 137 Å². The Bertz CT molecular complexity index is 603. The van der Waals surface area contributed by atoms with Gasteiger partial charge in [0.1, 0.15) is 4.21 Å². The van der Waals surface area contributed by atoms with E-state index in [2.05, 4.69) is 21.2 Å². The van der Waals surface area contributed by atoms with E-state index in [1.165, 1.54) is 15.6 Å². The molecule has 0 radical (unpaired) electrons. The van der Waals surface area contributed by atoms with E-state index in [9.17, 15) is 13.2 Å². The van der Waals surface area contributed by atoms with E-state index < -0.39 is 10.0 Å². The Hall–Kier alpha value is -0.480. The molecule has 118 valence electrons. The number of hydrogen-bond acceptors (Lipinski definition) is 5. The van der Waals surface area contributed by atoms with Crippen molar-refractivity contribution in [2.24, 2.45) is 0 Å². The number of amides is 1. The molecule has 2 rings (SSSR count). The summed E-state index contributed by atoms with van der Waals surface area (Å²) in [5.74, 6) is 0.00983. The maximum atomic E-state index is 12.6. The van der Waals surface area contributed by atoms with Gasteiger partial charge in [-0.05, 0) is 41.5 Å². The lowest BCUT2D eigenvalue weighted by atomic mass is 10.4. The second kappa shape index (κ2) is 7.19. The second-order valence-corrected chi connectivity index (χ2v) is 9.36. The highest BCUT2D eigenvalue weighted by atomic mass is 79.9. The predicted molar refractivity (Wildman–Crippen MR) is 85.9 cm³/mol. The van der Waals surface area contributed by atoms with Crippen LogP contribution in [0.15, 0.2) is 20.1 Å². The number of nitrogens with one attached hydrogen (secondary N) is 1. The highest BCUT2D eigenvalue weighted by Crippen LogP contribution is 2.28. The normalized spacial score (nSPS) is 17.7. The third kappa shape index (κ3) is 4.04. The summed E-state index contributed by atoms with van der Waals surface area (Å²) in [5.41, 5.74) is 0. The molecule has 6 nitrogen and oxygen atoms in total. The minimum absolute atomic E-state index is 0.00983. The van der Waals surface area contributed by atoms with Crippen molar-refractivity contribution in [2.75, 3.05) is 39.8 Å². The van der Waals surface area contributed by atoms with E-state index in [4.69, 9.17) is 0 Å². The van der Waals surface area contributed by atoms with E-state index >= 15 is 0 Å². The third-order valence-corrected chi connectivity index (χ3v) is 7.27. The Kier molecular flexibility index (Phi) is 5.78. The molecule has 1 aliphatic rings. The van der Waals surface area contributed by atoms with Crippen molar-refractivity contribution in [3.63, 3.8) is 0 Å². The predicted octanol–water partition coefficient (Wildman–Crippen LogP) is 0.953. The maximum Gasteiger partial charge on any atom is 0.252 e. The summed E-state index contributed by atoms with van der Waals surface area (Å²) in [6.07, 6.45) is 0.654. The van der Waals surface area contributed by atoms with Gasteiger partial charge in [0.05, 0.1) is 10.3 Å². The first-order valence-corrected chi connectivity index (χ1v) is 9.68. The monoisotopic (exact) mass is 395 g/mol. The molecule has 0 aromatic carbocycles. The van der Waals surface area contributed by atoms with Gasteiger partial charge in [0.15, 0.2) is 0 Å². The van der Waals surface area contributed by atoms with Gasteiger partial charge in [-0.1, -0.05) is 0 Å². The average Bonchev–Trinajstić information content (AvgIpc) is 2.74. The maximum absolute atomic E-state index is 12.6. The number of rotatable bonds is 4. The van der Waals surface area contributed by atoms with Gasteiger partial charge < -0.3 is 10.2 Å². The van der Waals surface area contributed by atoms with Crippen molar-refractivity contribution in [1.29, 1.82) is 0 Å². The number of hydrogen-bond donors (Lipinski definition) is 1. The summed E-state index contributed by atoms with van der Waals surface area (Å²) in [6, 6.07) is 3.34. The smallest absolute Gasteiger partial charge is 0.252 e. The lowest BCUT2D eigenvalue weighted by Gasteiger charge is -2.21. The van der Waals surface area contributed by atoms with Crippen LogP contribution in [0.3, 0.4) is 0 Å². The van der Waals surface area contributed by atoms with Crippen LogP contribution in [0.5, 0.6) is 0 Å². The SMILES string of the molecule is CNCC(=O)N1CCCN(S(=O)(=O)c2ccc(Br)s2)CC1. The van der Waals surface area contributed by atoms with Gasteiger partial charge >= 0.3 is 0 Å². The number of carbonyl (C=O) groups excluding carboxylic acids is 1. The van der Waals surface area contributed by atoms with E-state index in [0.717, 1.165) is 3.79 Å². The Morgan fingerprint density at radius 3 is 2.71 bits per heavy atom. The fourth-order valence-corrected chi connectivity index (χ4v) is 5.84. The minimum atomic E-state index is -3.46. The zero-order chi connectivity index (χ0) is 15.5. The van der Waals surface area contributed by atoms with Crippen molar-refractivity contribution in [2.45, 2.75) is 10.6 Å². The van der Waals surface area contributed by atoms with Crippen molar-refractivity contribution in [3.05, 3.63) is 15.9 Å². The zero-order valence-corrected chi connectivity index (χ0v) is 14.9. The summed E-state index contributed by atoms with van der Waals surface area (Å²) in [6.45, 7) is 2.10. The van der Waals surface area contributed by atoms with Crippen LogP contribution >= 0.6 is 27.3 Å². The van der Waals surface area contributed by atoms with Gasteiger partial charge in [-0.2, -0.15) is 4.31 Å². The standard InChI is InChI=1S/C12H18BrN3O3S2/c1-14-9-11(17)15-5-2-6-16(8-7-15)21(18,19)12-4-3-10(13)20-12/h3-4,14H,2,5-9H2,1H3. The van der Waals surface area contributed by atoms with Crippen LogP contribution in [0.4, 0.5) is 0 Å². The summed E-state index contributed by atoms with van der Waals surface area (Å²) in [7, 11) is -1.73. The number of carbonyl (C=O) groups is 1. The molecular weight excluding hydrogens is 378 g/mol. The van der Waals surface area contributed by atoms with Crippen LogP contribution in [-0.2, 0) is 14.8 Å². The van der Waals surface area contributed by atoms with Crippen LogP contribution in [-0.4, -0.2) is 63.3 Å². The third-order valence-electron chi connectivity index (χ3n) is 3.28. The molecule has 0 spiro atoms. The van der Waals surface area contributed by atoms with Crippen LogP contribution in [0.2, 0.25) is 0 Å². The van der Waals surface area contributed by atoms with Crippen LogP contribution in [0.1, 0.15) is 6.42 Å².